The quantitative estimate of drug-likeness (QED) is 0.609. The van der Waals surface area contributed by atoms with E-state index >= 15 is 0 Å². The second-order valence-electron chi connectivity index (χ2n) is 4.40. The van der Waals surface area contributed by atoms with E-state index in [9.17, 15) is 0 Å². The van der Waals surface area contributed by atoms with Gasteiger partial charge in [-0.25, -0.2) is 0 Å². The molecule has 21 heavy (non-hydrogen) atoms. The monoisotopic (exact) mass is 461 g/mol. The summed E-state index contributed by atoms with van der Waals surface area (Å²) in [6, 6.07) is 12.2. The van der Waals surface area contributed by atoms with Crippen LogP contribution in [0.5, 0.6) is 11.5 Å². The summed E-state index contributed by atoms with van der Waals surface area (Å²) in [5.41, 5.74) is 2.24. The number of ether oxygens (including phenoxy) is 2. The lowest BCUT2D eigenvalue weighted by atomic mass is 10.2. The molecule has 0 aliphatic carbocycles. The molecule has 0 unspecified atom stereocenters. The fourth-order valence-corrected chi connectivity index (χ4v) is 3.02. The van der Waals surface area contributed by atoms with Gasteiger partial charge in [-0.05, 0) is 71.5 Å². The van der Waals surface area contributed by atoms with Gasteiger partial charge in [0.25, 0.3) is 0 Å². The highest BCUT2D eigenvalue weighted by molar-refractivity contribution is 14.1. The smallest absolute Gasteiger partial charge is 0.174 e. The normalized spacial score (nSPS) is 10.3. The van der Waals surface area contributed by atoms with Crippen LogP contribution < -0.4 is 14.8 Å². The van der Waals surface area contributed by atoms with E-state index in [-0.39, 0.29) is 0 Å². The number of rotatable bonds is 6. The third kappa shape index (κ3) is 4.51. The Bertz CT molecular complexity index is 602. The maximum Gasteiger partial charge on any atom is 0.174 e. The number of methoxy groups -OCH3 is 1. The number of anilines is 1. The molecule has 0 atom stereocenters. The van der Waals surface area contributed by atoms with E-state index in [1.807, 2.05) is 37.3 Å². The molecule has 2 aromatic rings. The molecule has 0 aromatic heterocycles. The average Bonchev–Trinajstić information content (AvgIpc) is 2.49. The van der Waals surface area contributed by atoms with Gasteiger partial charge in [0.05, 0.1) is 17.3 Å². The first-order valence-corrected chi connectivity index (χ1v) is 8.50. The standard InChI is InChI=1S/C16H17BrINO2/c1-3-21-16-14(18)8-11(9-15(16)20-2)10-19-13-6-4-12(17)5-7-13/h4-9,19H,3,10H2,1-2H3. The molecule has 2 rings (SSSR count). The molecular formula is C16H17BrINO2. The van der Waals surface area contributed by atoms with Gasteiger partial charge in [0.15, 0.2) is 11.5 Å². The molecule has 0 spiro atoms. The third-order valence-corrected chi connectivity index (χ3v) is 4.25. The molecule has 0 saturated carbocycles. The van der Waals surface area contributed by atoms with Crippen molar-refractivity contribution in [2.75, 3.05) is 19.0 Å². The van der Waals surface area contributed by atoms with Crippen molar-refractivity contribution in [3.8, 4) is 11.5 Å². The van der Waals surface area contributed by atoms with Crippen LogP contribution in [0.4, 0.5) is 5.69 Å². The Kier molecular flexibility index (Phi) is 6.17. The zero-order chi connectivity index (χ0) is 15.2. The minimum absolute atomic E-state index is 0.628. The third-order valence-electron chi connectivity index (χ3n) is 2.92. The molecule has 1 N–H and O–H groups in total. The molecule has 0 bridgehead atoms. The number of benzene rings is 2. The van der Waals surface area contributed by atoms with Gasteiger partial charge in [0.1, 0.15) is 0 Å². The summed E-state index contributed by atoms with van der Waals surface area (Å²) >= 11 is 5.71. The summed E-state index contributed by atoms with van der Waals surface area (Å²) in [6.45, 7) is 3.34. The Labute approximate surface area is 147 Å². The second-order valence-corrected chi connectivity index (χ2v) is 6.48. The number of hydrogen-bond donors (Lipinski definition) is 1. The molecule has 0 aliphatic heterocycles. The van der Waals surface area contributed by atoms with Crippen molar-refractivity contribution in [2.45, 2.75) is 13.5 Å². The number of nitrogens with one attached hydrogen (secondary N) is 1. The lowest BCUT2D eigenvalue weighted by Crippen LogP contribution is -2.03. The van der Waals surface area contributed by atoms with Crippen LogP contribution in [0.2, 0.25) is 0 Å². The Hall–Kier alpha value is -0.950. The first kappa shape index (κ1) is 16.4. The van der Waals surface area contributed by atoms with Crippen LogP contribution in [-0.2, 0) is 6.54 Å². The van der Waals surface area contributed by atoms with E-state index in [4.69, 9.17) is 9.47 Å². The first-order chi connectivity index (χ1) is 10.1. The van der Waals surface area contributed by atoms with Crippen LogP contribution in [0.15, 0.2) is 40.9 Å². The summed E-state index contributed by atoms with van der Waals surface area (Å²) < 4.78 is 13.2. The zero-order valence-corrected chi connectivity index (χ0v) is 15.7. The van der Waals surface area contributed by atoms with Gasteiger partial charge in [-0.15, -0.1) is 0 Å². The van der Waals surface area contributed by atoms with Crippen molar-refractivity contribution < 1.29 is 9.47 Å². The molecule has 2 aromatic carbocycles. The van der Waals surface area contributed by atoms with Gasteiger partial charge >= 0.3 is 0 Å². The molecule has 0 aliphatic rings. The molecule has 112 valence electrons. The Morgan fingerprint density at radius 2 is 1.90 bits per heavy atom. The van der Waals surface area contributed by atoms with Crippen LogP contribution in [0.25, 0.3) is 0 Å². The van der Waals surface area contributed by atoms with Crippen molar-refractivity contribution in [1.82, 2.24) is 0 Å². The highest BCUT2D eigenvalue weighted by Crippen LogP contribution is 2.34. The van der Waals surface area contributed by atoms with Crippen molar-refractivity contribution in [3.63, 3.8) is 0 Å². The summed E-state index contributed by atoms with van der Waals surface area (Å²) in [5.74, 6) is 1.59. The van der Waals surface area contributed by atoms with Gasteiger partial charge in [-0.3, -0.25) is 0 Å². The molecule has 3 nitrogen and oxygen atoms in total. The maximum atomic E-state index is 5.63. The second kappa shape index (κ2) is 7.89. The first-order valence-electron chi connectivity index (χ1n) is 6.62. The van der Waals surface area contributed by atoms with Gasteiger partial charge in [-0.2, -0.15) is 0 Å². The molecule has 5 heteroatoms. The van der Waals surface area contributed by atoms with Crippen LogP contribution in [0.3, 0.4) is 0 Å². The Morgan fingerprint density at radius 1 is 1.19 bits per heavy atom. The molecule has 0 radical (unpaired) electrons. The van der Waals surface area contributed by atoms with E-state index < -0.39 is 0 Å². The highest BCUT2D eigenvalue weighted by atomic mass is 127. The molecule has 0 fully saturated rings. The van der Waals surface area contributed by atoms with Gasteiger partial charge in [0.2, 0.25) is 0 Å². The minimum Gasteiger partial charge on any atom is -0.493 e. The van der Waals surface area contributed by atoms with E-state index in [0.717, 1.165) is 37.3 Å². The van der Waals surface area contributed by atoms with Crippen molar-refractivity contribution in [3.05, 3.63) is 50.0 Å². The molecular weight excluding hydrogens is 445 g/mol. The molecule has 0 saturated heterocycles. The summed E-state index contributed by atoms with van der Waals surface area (Å²) in [5, 5.41) is 3.40. The highest BCUT2D eigenvalue weighted by Gasteiger charge is 2.11. The maximum absolute atomic E-state index is 5.63. The van der Waals surface area contributed by atoms with E-state index in [1.54, 1.807) is 7.11 Å². The fourth-order valence-electron chi connectivity index (χ4n) is 1.93. The van der Waals surface area contributed by atoms with Gasteiger partial charge < -0.3 is 14.8 Å². The van der Waals surface area contributed by atoms with E-state index in [2.05, 4.69) is 49.9 Å². The summed E-state index contributed by atoms with van der Waals surface area (Å²) in [7, 11) is 1.67. The lowest BCUT2D eigenvalue weighted by molar-refractivity contribution is 0.308. The molecule has 0 heterocycles. The van der Waals surface area contributed by atoms with Crippen LogP contribution in [-0.4, -0.2) is 13.7 Å². The number of halogens is 2. The van der Waals surface area contributed by atoms with Crippen molar-refractivity contribution in [2.24, 2.45) is 0 Å². The topological polar surface area (TPSA) is 30.5 Å². The largest absolute Gasteiger partial charge is 0.493 e. The minimum atomic E-state index is 0.628. The van der Waals surface area contributed by atoms with Crippen LogP contribution >= 0.6 is 38.5 Å². The lowest BCUT2D eigenvalue weighted by Gasteiger charge is -2.14. The Morgan fingerprint density at radius 3 is 2.52 bits per heavy atom. The van der Waals surface area contributed by atoms with Gasteiger partial charge in [-0.1, -0.05) is 15.9 Å². The van der Waals surface area contributed by atoms with E-state index in [1.165, 1.54) is 0 Å². The van der Waals surface area contributed by atoms with Crippen molar-refractivity contribution in [1.29, 1.82) is 0 Å². The van der Waals surface area contributed by atoms with Gasteiger partial charge in [0, 0.05) is 16.7 Å². The molecule has 0 amide bonds. The SMILES string of the molecule is CCOc1c(I)cc(CNc2ccc(Br)cc2)cc1OC. The predicted octanol–water partition coefficient (Wildman–Crippen LogP) is 5.07. The van der Waals surface area contributed by atoms with Crippen molar-refractivity contribution >= 4 is 44.2 Å². The number of hydrogen-bond acceptors (Lipinski definition) is 3. The fraction of sp³-hybridized carbons (Fsp3) is 0.250. The predicted molar refractivity (Wildman–Crippen MR) is 98.3 cm³/mol. The Balaban J connectivity index is 2.13. The van der Waals surface area contributed by atoms with Crippen LogP contribution in [0.1, 0.15) is 12.5 Å². The zero-order valence-electron chi connectivity index (χ0n) is 12.0. The van der Waals surface area contributed by atoms with E-state index in [0.29, 0.717) is 6.61 Å². The average molecular weight is 462 g/mol. The summed E-state index contributed by atoms with van der Waals surface area (Å²) in [6.07, 6.45) is 0. The summed E-state index contributed by atoms with van der Waals surface area (Å²) in [4.78, 5) is 0. The van der Waals surface area contributed by atoms with Crippen LogP contribution in [0, 0.1) is 3.57 Å².